The van der Waals surface area contributed by atoms with Gasteiger partial charge in [-0.3, -0.25) is 5.43 Å². The summed E-state index contributed by atoms with van der Waals surface area (Å²) >= 11 is 13.9. The third-order valence-corrected chi connectivity index (χ3v) is 5.73. The predicted molar refractivity (Wildman–Crippen MR) is 121 cm³/mol. The van der Waals surface area contributed by atoms with Crippen molar-refractivity contribution in [1.82, 2.24) is 4.98 Å². The Morgan fingerprint density at radius 3 is 2.04 bits per heavy atom. The lowest BCUT2D eigenvalue weighted by molar-refractivity contribution is 1.29. The molecule has 1 heterocycles. The highest BCUT2D eigenvalue weighted by Crippen LogP contribution is 2.38. The lowest BCUT2D eigenvalue weighted by Gasteiger charge is -2.02. The highest BCUT2D eigenvalue weighted by molar-refractivity contribution is 7.19. The molecule has 28 heavy (non-hydrogen) atoms. The maximum atomic E-state index is 6.18. The molecule has 1 aromatic heterocycles. The van der Waals surface area contributed by atoms with Crippen LogP contribution in [0.5, 0.6) is 0 Å². The number of hydrazone groups is 1. The molecule has 0 amide bonds. The van der Waals surface area contributed by atoms with Gasteiger partial charge in [0.05, 0.1) is 26.8 Å². The maximum Gasteiger partial charge on any atom is 0.204 e. The molecule has 0 saturated heterocycles. The van der Waals surface area contributed by atoms with E-state index in [1.165, 1.54) is 0 Å². The van der Waals surface area contributed by atoms with Gasteiger partial charge in [0.1, 0.15) is 0 Å². The molecular weight excluding hydrogens is 409 g/mol. The smallest absolute Gasteiger partial charge is 0.204 e. The van der Waals surface area contributed by atoms with Crippen LogP contribution < -0.4 is 5.43 Å². The molecule has 0 aliphatic rings. The highest BCUT2D eigenvalue weighted by atomic mass is 35.5. The van der Waals surface area contributed by atoms with Crippen molar-refractivity contribution >= 4 is 45.9 Å². The molecule has 138 valence electrons. The first-order valence-electron chi connectivity index (χ1n) is 8.57. The number of aromatic nitrogens is 1. The van der Waals surface area contributed by atoms with Gasteiger partial charge in [0, 0.05) is 11.1 Å². The minimum absolute atomic E-state index is 0.548. The van der Waals surface area contributed by atoms with Crippen LogP contribution >= 0.6 is 34.5 Å². The SMILES string of the molecule is Clc1cccc(Cl)c1C=NNc1nc(-c2ccccc2)c(-c2ccccc2)s1. The second-order valence-corrected chi connectivity index (χ2v) is 7.75. The molecule has 4 aromatic rings. The second-order valence-electron chi connectivity index (χ2n) is 5.93. The van der Waals surface area contributed by atoms with Crippen molar-refractivity contribution in [2.75, 3.05) is 5.43 Å². The zero-order valence-electron chi connectivity index (χ0n) is 14.6. The van der Waals surface area contributed by atoms with Crippen LogP contribution in [-0.2, 0) is 0 Å². The van der Waals surface area contributed by atoms with Crippen molar-refractivity contribution in [1.29, 1.82) is 0 Å². The highest BCUT2D eigenvalue weighted by Gasteiger charge is 2.14. The summed E-state index contributed by atoms with van der Waals surface area (Å²) in [7, 11) is 0. The summed E-state index contributed by atoms with van der Waals surface area (Å²) in [5.41, 5.74) is 6.77. The summed E-state index contributed by atoms with van der Waals surface area (Å²) in [5.74, 6) is 0. The summed E-state index contributed by atoms with van der Waals surface area (Å²) in [4.78, 5) is 5.84. The average molecular weight is 424 g/mol. The van der Waals surface area contributed by atoms with Crippen molar-refractivity contribution in [3.63, 3.8) is 0 Å². The van der Waals surface area contributed by atoms with Crippen LogP contribution in [-0.4, -0.2) is 11.2 Å². The number of nitrogens with one attached hydrogen (secondary N) is 1. The van der Waals surface area contributed by atoms with E-state index in [1.54, 1.807) is 35.8 Å². The van der Waals surface area contributed by atoms with Crippen LogP contribution in [0.2, 0.25) is 10.0 Å². The number of rotatable bonds is 5. The van der Waals surface area contributed by atoms with Crippen LogP contribution in [0.25, 0.3) is 21.7 Å². The lowest BCUT2D eigenvalue weighted by atomic mass is 10.1. The van der Waals surface area contributed by atoms with E-state index in [9.17, 15) is 0 Å². The normalized spacial score (nSPS) is 11.1. The molecular formula is C22H15Cl2N3S. The second kappa shape index (κ2) is 8.57. The molecule has 0 radical (unpaired) electrons. The minimum atomic E-state index is 0.548. The summed E-state index contributed by atoms with van der Waals surface area (Å²) in [6.45, 7) is 0. The summed E-state index contributed by atoms with van der Waals surface area (Å²) in [5, 5.41) is 6.07. The number of nitrogens with zero attached hydrogens (tertiary/aromatic N) is 2. The van der Waals surface area contributed by atoms with Crippen molar-refractivity contribution in [2.45, 2.75) is 0 Å². The van der Waals surface area contributed by atoms with E-state index in [0.717, 1.165) is 21.7 Å². The van der Waals surface area contributed by atoms with Gasteiger partial charge in [-0.05, 0) is 17.7 Å². The van der Waals surface area contributed by atoms with Gasteiger partial charge in [0.2, 0.25) is 5.13 Å². The number of thiazole rings is 1. The Morgan fingerprint density at radius 2 is 1.39 bits per heavy atom. The fourth-order valence-corrected chi connectivity index (χ4v) is 4.17. The summed E-state index contributed by atoms with van der Waals surface area (Å²) < 4.78 is 0. The van der Waals surface area contributed by atoms with E-state index < -0.39 is 0 Å². The summed E-state index contributed by atoms with van der Waals surface area (Å²) in [6.07, 6.45) is 1.61. The van der Waals surface area contributed by atoms with Gasteiger partial charge in [0.25, 0.3) is 0 Å². The van der Waals surface area contributed by atoms with Crippen LogP contribution in [0.3, 0.4) is 0 Å². The first kappa shape index (κ1) is 18.7. The summed E-state index contributed by atoms with van der Waals surface area (Å²) in [6, 6.07) is 25.7. The molecule has 3 aromatic carbocycles. The number of benzene rings is 3. The standard InChI is InChI=1S/C22H15Cl2N3S/c23-18-12-7-13-19(24)17(18)14-25-27-22-26-20(15-8-3-1-4-9-15)21(28-22)16-10-5-2-6-11-16/h1-14H,(H,26,27). The van der Waals surface area contributed by atoms with Crippen molar-refractivity contribution in [2.24, 2.45) is 5.10 Å². The van der Waals surface area contributed by atoms with E-state index in [4.69, 9.17) is 28.2 Å². The maximum absolute atomic E-state index is 6.18. The van der Waals surface area contributed by atoms with Crippen molar-refractivity contribution in [3.8, 4) is 21.7 Å². The molecule has 0 saturated carbocycles. The van der Waals surface area contributed by atoms with Gasteiger partial charge in [-0.15, -0.1) is 0 Å². The lowest BCUT2D eigenvalue weighted by Crippen LogP contribution is -1.91. The Bertz CT molecular complexity index is 1030. The molecule has 0 fully saturated rings. The zero-order chi connectivity index (χ0) is 19.3. The quantitative estimate of drug-likeness (QED) is 0.271. The van der Waals surface area contributed by atoms with Crippen LogP contribution in [0.1, 0.15) is 5.56 Å². The Morgan fingerprint density at radius 1 is 0.786 bits per heavy atom. The van der Waals surface area contributed by atoms with Gasteiger partial charge in [-0.2, -0.15) is 5.10 Å². The molecule has 1 N–H and O–H groups in total. The number of hydrogen-bond acceptors (Lipinski definition) is 4. The first-order valence-corrected chi connectivity index (χ1v) is 10.1. The van der Waals surface area contributed by atoms with Gasteiger partial charge in [-0.1, -0.05) is 101 Å². The van der Waals surface area contributed by atoms with Gasteiger partial charge < -0.3 is 0 Å². The monoisotopic (exact) mass is 423 g/mol. The van der Waals surface area contributed by atoms with E-state index in [0.29, 0.717) is 20.7 Å². The molecule has 3 nitrogen and oxygen atoms in total. The molecule has 4 rings (SSSR count). The third kappa shape index (κ3) is 4.09. The van der Waals surface area contributed by atoms with E-state index in [-0.39, 0.29) is 0 Å². The fraction of sp³-hybridized carbons (Fsp3) is 0. The number of anilines is 1. The van der Waals surface area contributed by atoms with Gasteiger partial charge >= 0.3 is 0 Å². The topological polar surface area (TPSA) is 37.3 Å². The number of hydrogen-bond donors (Lipinski definition) is 1. The molecule has 0 aliphatic heterocycles. The molecule has 0 aliphatic carbocycles. The molecule has 0 bridgehead atoms. The number of halogens is 2. The minimum Gasteiger partial charge on any atom is -0.253 e. The first-order chi connectivity index (χ1) is 13.7. The van der Waals surface area contributed by atoms with Gasteiger partial charge in [0.15, 0.2) is 0 Å². The fourth-order valence-electron chi connectivity index (χ4n) is 2.73. The Balaban J connectivity index is 1.67. The van der Waals surface area contributed by atoms with Crippen molar-refractivity contribution in [3.05, 3.63) is 94.5 Å². The predicted octanol–water partition coefficient (Wildman–Crippen LogP) is 7.23. The van der Waals surface area contributed by atoms with E-state index >= 15 is 0 Å². The third-order valence-electron chi connectivity index (χ3n) is 4.06. The molecule has 0 atom stereocenters. The van der Waals surface area contributed by atoms with Crippen LogP contribution in [0.4, 0.5) is 5.13 Å². The molecule has 6 heteroatoms. The Labute approximate surface area is 177 Å². The van der Waals surface area contributed by atoms with Gasteiger partial charge in [-0.25, -0.2) is 4.98 Å². The van der Waals surface area contributed by atoms with E-state index in [1.807, 2.05) is 36.4 Å². The Hall–Kier alpha value is -2.66. The molecule has 0 unspecified atom stereocenters. The average Bonchev–Trinajstić information content (AvgIpc) is 3.16. The van der Waals surface area contributed by atoms with E-state index in [2.05, 4.69) is 34.8 Å². The van der Waals surface area contributed by atoms with Crippen molar-refractivity contribution < 1.29 is 0 Å². The Kier molecular flexibility index (Phi) is 5.72. The van der Waals surface area contributed by atoms with Crippen LogP contribution in [0.15, 0.2) is 84.0 Å². The zero-order valence-corrected chi connectivity index (χ0v) is 17.0. The molecule has 0 spiro atoms. The van der Waals surface area contributed by atoms with Crippen LogP contribution in [0, 0.1) is 0 Å². The largest absolute Gasteiger partial charge is 0.253 e.